The lowest BCUT2D eigenvalue weighted by atomic mass is 10.3. The van der Waals surface area contributed by atoms with Crippen molar-refractivity contribution in [3.8, 4) is 17.5 Å². The Morgan fingerprint density at radius 2 is 1.81 bits per heavy atom. The summed E-state index contributed by atoms with van der Waals surface area (Å²) >= 11 is 7.80. The number of hydrogen-bond acceptors (Lipinski definition) is 5. The number of nitrogens with zero attached hydrogens (tertiary/aromatic N) is 4. The maximum absolute atomic E-state index is 8.64. The van der Waals surface area contributed by atoms with E-state index in [2.05, 4.69) is 16.3 Å². The maximum Gasteiger partial charge on any atom is 0.195 e. The monoisotopic (exact) mass is 398 g/mol. The predicted octanol–water partition coefficient (Wildman–Crippen LogP) is 5.29. The SMILES string of the molecule is N#CCCCCSc1nnc(COc2ccccc2Cl)n1-c1ccccc1. The Balaban J connectivity index is 1.77. The summed E-state index contributed by atoms with van der Waals surface area (Å²) in [5.74, 6) is 2.21. The van der Waals surface area contributed by atoms with Crippen molar-refractivity contribution >= 4 is 23.4 Å². The fourth-order valence-corrected chi connectivity index (χ4v) is 3.66. The third-order valence-corrected chi connectivity index (χ3v) is 5.15. The molecule has 0 aliphatic heterocycles. The van der Waals surface area contributed by atoms with Gasteiger partial charge in [-0.2, -0.15) is 5.26 Å². The fourth-order valence-electron chi connectivity index (χ4n) is 2.50. The Kier molecular flexibility index (Phi) is 7.14. The van der Waals surface area contributed by atoms with Crippen LogP contribution >= 0.6 is 23.4 Å². The van der Waals surface area contributed by atoms with E-state index in [4.69, 9.17) is 21.6 Å². The molecular formula is C20H19ClN4OS. The number of unbranched alkanes of at least 4 members (excludes halogenated alkanes) is 2. The minimum Gasteiger partial charge on any atom is -0.484 e. The molecule has 0 saturated heterocycles. The van der Waals surface area contributed by atoms with Gasteiger partial charge in [0.05, 0.1) is 11.1 Å². The van der Waals surface area contributed by atoms with Crippen molar-refractivity contribution in [3.05, 3.63) is 65.4 Å². The van der Waals surface area contributed by atoms with E-state index in [1.165, 1.54) is 0 Å². The molecule has 5 nitrogen and oxygen atoms in total. The van der Waals surface area contributed by atoms with E-state index < -0.39 is 0 Å². The quantitative estimate of drug-likeness (QED) is 0.362. The summed E-state index contributed by atoms with van der Waals surface area (Å²) in [5, 5.41) is 18.7. The molecule has 0 atom stereocenters. The smallest absolute Gasteiger partial charge is 0.195 e. The zero-order valence-electron chi connectivity index (χ0n) is 14.7. The lowest BCUT2D eigenvalue weighted by molar-refractivity contribution is 0.293. The first-order valence-electron chi connectivity index (χ1n) is 8.66. The van der Waals surface area contributed by atoms with E-state index in [1.807, 2.05) is 53.1 Å². The molecule has 3 aromatic rings. The molecule has 0 amide bonds. The van der Waals surface area contributed by atoms with Crippen LogP contribution in [0.2, 0.25) is 5.02 Å². The van der Waals surface area contributed by atoms with Crippen molar-refractivity contribution in [1.82, 2.24) is 14.8 Å². The molecule has 0 spiro atoms. The fraction of sp³-hybridized carbons (Fsp3) is 0.250. The summed E-state index contributed by atoms with van der Waals surface area (Å²) in [6.07, 6.45) is 2.44. The maximum atomic E-state index is 8.64. The van der Waals surface area contributed by atoms with E-state index in [0.717, 1.165) is 29.4 Å². The molecule has 3 rings (SSSR count). The van der Waals surface area contributed by atoms with E-state index in [0.29, 0.717) is 23.0 Å². The molecule has 0 N–H and O–H groups in total. The molecule has 0 unspecified atom stereocenters. The van der Waals surface area contributed by atoms with Gasteiger partial charge in [0, 0.05) is 17.9 Å². The van der Waals surface area contributed by atoms with Crippen LogP contribution in [0, 0.1) is 11.3 Å². The van der Waals surface area contributed by atoms with Crippen LogP contribution in [-0.2, 0) is 6.61 Å². The van der Waals surface area contributed by atoms with Gasteiger partial charge < -0.3 is 4.74 Å². The Hall–Kier alpha value is -2.49. The second kappa shape index (κ2) is 10.0. The minimum atomic E-state index is 0.265. The van der Waals surface area contributed by atoms with Gasteiger partial charge in [0.1, 0.15) is 12.4 Å². The number of para-hydroxylation sites is 2. The second-order valence-corrected chi connectivity index (χ2v) is 7.22. The van der Waals surface area contributed by atoms with Crippen LogP contribution in [0.4, 0.5) is 0 Å². The van der Waals surface area contributed by atoms with Gasteiger partial charge in [0.15, 0.2) is 11.0 Å². The van der Waals surface area contributed by atoms with E-state index >= 15 is 0 Å². The number of aromatic nitrogens is 3. The summed E-state index contributed by atoms with van der Waals surface area (Å²) in [7, 11) is 0. The summed E-state index contributed by atoms with van der Waals surface area (Å²) in [4.78, 5) is 0. The Bertz CT molecular complexity index is 908. The van der Waals surface area contributed by atoms with Crippen molar-refractivity contribution in [3.63, 3.8) is 0 Å². The molecule has 0 radical (unpaired) electrons. The van der Waals surface area contributed by atoms with Gasteiger partial charge in [0.25, 0.3) is 0 Å². The highest BCUT2D eigenvalue weighted by Crippen LogP contribution is 2.26. The summed E-state index contributed by atoms with van der Waals surface area (Å²) in [6, 6.07) is 19.5. The van der Waals surface area contributed by atoms with Crippen LogP contribution in [0.1, 0.15) is 25.1 Å². The van der Waals surface area contributed by atoms with Crippen molar-refractivity contribution in [2.45, 2.75) is 31.0 Å². The Morgan fingerprint density at radius 1 is 1.04 bits per heavy atom. The molecule has 0 fully saturated rings. The Labute approximate surface area is 167 Å². The van der Waals surface area contributed by atoms with E-state index in [1.54, 1.807) is 17.8 Å². The first-order valence-corrected chi connectivity index (χ1v) is 10.0. The van der Waals surface area contributed by atoms with Crippen LogP contribution < -0.4 is 4.74 Å². The molecule has 0 bridgehead atoms. The zero-order valence-corrected chi connectivity index (χ0v) is 16.3. The number of halogens is 1. The van der Waals surface area contributed by atoms with Gasteiger partial charge in [0.2, 0.25) is 0 Å². The Morgan fingerprint density at radius 3 is 2.59 bits per heavy atom. The van der Waals surface area contributed by atoms with Crippen molar-refractivity contribution < 1.29 is 4.74 Å². The normalized spacial score (nSPS) is 10.5. The zero-order chi connectivity index (χ0) is 18.9. The van der Waals surface area contributed by atoms with Gasteiger partial charge in [-0.1, -0.05) is 53.7 Å². The number of ether oxygens (including phenoxy) is 1. The summed E-state index contributed by atoms with van der Waals surface area (Å²) in [6.45, 7) is 0.265. The largest absolute Gasteiger partial charge is 0.484 e. The molecular weight excluding hydrogens is 380 g/mol. The molecule has 1 aromatic heterocycles. The number of benzene rings is 2. The van der Waals surface area contributed by atoms with Gasteiger partial charge in [-0.05, 0) is 37.1 Å². The van der Waals surface area contributed by atoms with E-state index in [9.17, 15) is 0 Å². The third kappa shape index (κ3) is 5.25. The second-order valence-electron chi connectivity index (χ2n) is 5.75. The van der Waals surface area contributed by atoms with Gasteiger partial charge in [-0.15, -0.1) is 10.2 Å². The number of rotatable bonds is 9. The standard InChI is InChI=1S/C20H19ClN4OS/c21-17-11-5-6-12-18(17)26-15-19-23-24-20(27-14-8-2-7-13-22)25(19)16-9-3-1-4-10-16/h1,3-6,9-12H,2,7-8,14-15H2. The molecule has 0 aliphatic rings. The van der Waals surface area contributed by atoms with E-state index in [-0.39, 0.29) is 6.61 Å². The van der Waals surface area contributed by atoms with Crippen molar-refractivity contribution in [2.75, 3.05) is 5.75 Å². The molecule has 1 heterocycles. The highest BCUT2D eigenvalue weighted by Gasteiger charge is 2.15. The molecule has 2 aromatic carbocycles. The highest BCUT2D eigenvalue weighted by molar-refractivity contribution is 7.99. The van der Waals surface area contributed by atoms with Crippen molar-refractivity contribution in [2.24, 2.45) is 0 Å². The van der Waals surface area contributed by atoms with Crippen LogP contribution in [-0.4, -0.2) is 20.5 Å². The van der Waals surface area contributed by atoms with Crippen LogP contribution in [0.15, 0.2) is 59.8 Å². The molecule has 0 saturated carbocycles. The first-order chi connectivity index (χ1) is 13.3. The lowest BCUT2D eigenvalue weighted by Crippen LogP contribution is -2.07. The van der Waals surface area contributed by atoms with Crippen LogP contribution in [0.5, 0.6) is 5.75 Å². The molecule has 0 aliphatic carbocycles. The molecule has 7 heteroatoms. The van der Waals surface area contributed by atoms with Gasteiger partial charge in [-0.25, -0.2) is 0 Å². The number of thioether (sulfide) groups is 1. The summed E-state index contributed by atoms with van der Waals surface area (Å²) in [5.41, 5.74) is 0.986. The average Bonchev–Trinajstić information content (AvgIpc) is 3.10. The number of nitriles is 1. The van der Waals surface area contributed by atoms with Gasteiger partial charge >= 0.3 is 0 Å². The molecule has 138 valence electrons. The van der Waals surface area contributed by atoms with Gasteiger partial charge in [-0.3, -0.25) is 4.57 Å². The number of hydrogen-bond donors (Lipinski definition) is 0. The van der Waals surface area contributed by atoms with Crippen LogP contribution in [0.25, 0.3) is 5.69 Å². The third-order valence-electron chi connectivity index (χ3n) is 3.82. The van der Waals surface area contributed by atoms with Crippen molar-refractivity contribution in [1.29, 1.82) is 5.26 Å². The van der Waals surface area contributed by atoms with Crippen LogP contribution in [0.3, 0.4) is 0 Å². The first kappa shape index (κ1) is 19.3. The predicted molar refractivity (Wildman–Crippen MR) is 107 cm³/mol. The summed E-state index contributed by atoms with van der Waals surface area (Å²) < 4.78 is 7.86. The minimum absolute atomic E-state index is 0.265. The topological polar surface area (TPSA) is 63.7 Å². The molecule has 27 heavy (non-hydrogen) atoms. The highest BCUT2D eigenvalue weighted by atomic mass is 35.5. The lowest BCUT2D eigenvalue weighted by Gasteiger charge is -2.11. The average molecular weight is 399 g/mol.